The van der Waals surface area contributed by atoms with E-state index in [4.69, 9.17) is 4.74 Å². The Balaban J connectivity index is 1.67. The van der Waals surface area contributed by atoms with Gasteiger partial charge in [0, 0.05) is 29.2 Å². The lowest BCUT2D eigenvalue weighted by Crippen LogP contribution is -2.28. The highest BCUT2D eigenvalue weighted by Gasteiger charge is 2.35. The molecule has 2 aromatic rings. The van der Waals surface area contributed by atoms with E-state index in [0.717, 1.165) is 10.2 Å². The highest BCUT2D eigenvalue weighted by atomic mass is 79.9. The zero-order valence-corrected chi connectivity index (χ0v) is 14.6. The van der Waals surface area contributed by atoms with Gasteiger partial charge in [-0.2, -0.15) is 0 Å². The minimum absolute atomic E-state index is 0.0545. The summed E-state index contributed by atoms with van der Waals surface area (Å²) in [7, 11) is 1.53. The lowest BCUT2D eigenvalue weighted by atomic mass is 10.1. The molecule has 1 aliphatic heterocycles. The zero-order valence-electron chi connectivity index (χ0n) is 13.0. The largest absolute Gasteiger partial charge is 0.481 e. The molecule has 0 radical (unpaired) electrons. The van der Waals surface area contributed by atoms with Gasteiger partial charge in [0.25, 0.3) is 0 Å². The normalized spacial score (nSPS) is 17.0. The van der Waals surface area contributed by atoms with Crippen molar-refractivity contribution in [3.63, 3.8) is 0 Å². The molecule has 2 heterocycles. The van der Waals surface area contributed by atoms with Crippen LogP contribution in [-0.4, -0.2) is 30.5 Å². The van der Waals surface area contributed by atoms with Gasteiger partial charge < -0.3 is 15.0 Å². The van der Waals surface area contributed by atoms with E-state index in [1.807, 2.05) is 24.3 Å². The van der Waals surface area contributed by atoms with Gasteiger partial charge in [-0.25, -0.2) is 4.98 Å². The highest BCUT2D eigenvalue weighted by Crippen LogP contribution is 2.28. The van der Waals surface area contributed by atoms with E-state index in [1.54, 1.807) is 17.0 Å². The number of anilines is 2. The van der Waals surface area contributed by atoms with Crippen molar-refractivity contribution in [2.75, 3.05) is 23.9 Å². The number of benzene rings is 1. The Bertz CT molecular complexity index is 764. The first-order valence-electron chi connectivity index (χ1n) is 7.43. The quantitative estimate of drug-likeness (QED) is 0.872. The smallest absolute Gasteiger partial charge is 0.229 e. The second-order valence-electron chi connectivity index (χ2n) is 5.46. The van der Waals surface area contributed by atoms with E-state index in [1.165, 1.54) is 13.3 Å². The van der Waals surface area contributed by atoms with E-state index >= 15 is 0 Å². The third-order valence-electron chi connectivity index (χ3n) is 3.83. The topological polar surface area (TPSA) is 71.5 Å². The molecule has 1 aliphatic rings. The van der Waals surface area contributed by atoms with Crippen LogP contribution < -0.4 is 15.0 Å². The maximum atomic E-state index is 12.4. The number of ether oxygens (including phenoxy) is 1. The van der Waals surface area contributed by atoms with Gasteiger partial charge in [0.2, 0.25) is 17.7 Å². The number of pyridine rings is 1. The number of nitrogens with one attached hydrogen (secondary N) is 1. The first-order chi connectivity index (χ1) is 11.6. The van der Waals surface area contributed by atoms with Gasteiger partial charge >= 0.3 is 0 Å². The van der Waals surface area contributed by atoms with Crippen molar-refractivity contribution in [1.82, 2.24) is 4.98 Å². The Hall–Kier alpha value is -2.41. The average Bonchev–Trinajstić information content (AvgIpc) is 2.97. The van der Waals surface area contributed by atoms with Crippen molar-refractivity contribution in [3.05, 3.63) is 47.1 Å². The summed E-state index contributed by atoms with van der Waals surface area (Å²) < 4.78 is 5.88. The molecule has 1 aromatic heterocycles. The molecule has 24 heavy (non-hydrogen) atoms. The summed E-state index contributed by atoms with van der Waals surface area (Å²) >= 11 is 3.39. The predicted molar refractivity (Wildman–Crippen MR) is 94.0 cm³/mol. The molecule has 1 N–H and O–H groups in total. The zero-order chi connectivity index (χ0) is 17.1. The van der Waals surface area contributed by atoms with Crippen molar-refractivity contribution in [3.8, 4) is 5.88 Å². The monoisotopic (exact) mass is 389 g/mol. The summed E-state index contributed by atoms with van der Waals surface area (Å²) in [6, 6.07) is 10.9. The number of halogens is 1. The fraction of sp³-hybridized carbons (Fsp3) is 0.235. The van der Waals surface area contributed by atoms with Gasteiger partial charge in [0.1, 0.15) is 0 Å². The first kappa shape index (κ1) is 16.4. The third-order valence-corrected chi connectivity index (χ3v) is 4.32. The van der Waals surface area contributed by atoms with Crippen LogP contribution >= 0.6 is 15.9 Å². The maximum absolute atomic E-state index is 12.4. The summed E-state index contributed by atoms with van der Waals surface area (Å²) in [6.07, 6.45) is 1.72. The summed E-state index contributed by atoms with van der Waals surface area (Å²) in [6.45, 7) is 0.366. The lowest BCUT2D eigenvalue weighted by molar-refractivity contribution is -0.122. The molecular formula is C17H16BrN3O3. The van der Waals surface area contributed by atoms with Crippen molar-refractivity contribution < 1.29 is 14.3 Å². The number of carbonyl (C=O) groups is 2. The maximum Gasteiger partial charge on any atom is 0.229 e. The highest BCUT2D eigenvalue weighted by molar-refractivity contribution is 9.10. The predicted octanol–water partition coefficient (Wildman–Crippen LogP) is 2.84. The molecule has 1 fully saturated rings. The number of methoxy groups -OCH3 is 1. The summed E-state index contributed by atoms with van der Waals surface area (Å²) in [5.41, 5.74) is 1.37. The molecular weight excluding hydrogens is 374 g/mol. The Morgan fingerprint density at radius 1 is 1.38 bits per heavy atom. The molecule has 1 saturated heterocycles. The summed E-state index contributed by atoms with van der Waals surface area (Å²) in [4.78, 5) is 30.3. The Labute approximate surface area is 148 Å². The Kier molecular flexibility index (Phi) is 4.80. The number of amides is 2. The molecule has 1 unspecified atom stereocenters. The lowest BCUT2D eigenvalue weighted by Gasteiger charge is -2.17. The molecule has 7 heteroatoms. The third kappa shape index (κ3) is 3.56. The van der Waals surface area contributed by atoms with Crippen molar-refractivity contribution in [2.45, 2.75) is 6.42 Å². The number of rotatable bonds is 4. The van der Waals surface area contributed by atoms with Gasteiger partial charge in [-0.1, -0.05) is 22.0 Å². The second kappa shape index (κ2) is 7.00. The molecule has 3 rings (SSSR count). The second-order valence-corrected chi connectivity index (χ2v) is 6.38. The van der Waals surface area contributed by atoms with Crippen LogP contribution in [0.3, 0.4) is 0 Å². The number of nitrogens with zero attached hydrogens (tertiary/aromatic N) is 2. The fourth-order valence-corrected chi connectivity index (χ4v) is 2.98. The molecule has 0 bridgehead atoms. The summed E-state index contributed by atoms with van der Waals surface area (Å²) in [5, 5.41) is 2.79. The van der Waals surface area contributed by atoms with Crippen LogP contribution in [0.5, 0.6) is 5.88 Å². The molecule has 124 valence electrons. The molecule has 0 aliphatic carbocycles. The van der Waals surface area contributed by atoms with Crippen LogP contribution in [-0.2, 0) is 9.59 Å². The number of aromatic nitrogens is 1. The Morgan fingerprint density at radius 3 is 2.88 bits per heavy atom. The van der Waals surface area contributed by atoms with E-state index < -0.39 is 5.92 Å². The summed E-state index contributed by atoms with van der Waals surface area (Å²) in [5.74, 6) is -0.155. The Morgan fingerprint density at radius 2 is 2.21 bits per heavy atom. The van der Waals surface area contributed by atoms with Gasteiger partial charge in [0.15, 0.2) is 0 Å². The standard InChI is InChI=1S/C17H16BrN3O3/c1-24-15-6-5-13(9-19-15)20-17(23)11-7-16(22)21(10-11)14-4-2-3-12(18)8-14/h2-6,8-9,11H,7,10H2,1H3,(H,20,23). The van der Waals surface area contributed by atoms with Crippen LogP contribution in [0.4, 0.5) is 11.4 Å². The molecule has 0 spiro atoms. The molecule has 1 atom stereocenters. The van der Waals surface area contributed by atoms with E-state index in [2.05, 4.69) is 26.2 Å². The molecule has 2 amide bonds. The molecule has 0 saturated carbocycles. The van der Waals surface area contributed by atoms with E-state index in [0.29, 0.717) is 18.1 Å². The van der Waals surface area contributed by atoms with Crippen LogP contribution in [0.15, 0.2) is 47.1 Å². The fourth-order valence-electron chi connectivity index (χ4n) is 2.60. The number of hydrogen-bond donors (Lipinski definition) is 1. The minimum atomic E-state index is -0.390. The number of hydrogen-bond acceptors (Lipinski definition) is 4. The van der Waals surface area contributed by atoms with Crippen LogP contribution in [0.2, 0.25) is 0 Å². The molecule has 1 aromatic carbocycles. The van der Waals surface area contributed by atoms with Gasteiger partial charge in [-0.15, -0.1) is 0 Å². The first-order valence-corrected chi connectivity index (χ1v) is 8.23. The average molecular weight is 390 g/mol. The van der Waals surface area contributed by atoms with E-state index in [9.17, 15) is 9.59 Å². The molecule has 6 nitrogen and oxygen atoms in total. The van der Waals surface area contributed by atoms with Gasteiger partial charge in [-0.05, 0) is 24.3 Å². The van der Waals surface area contributed by atoms with Crippen molar-refractivity contribution in [2.24, 2.45) is 5.92 Å². The number of carbonyl (C=O) groups excluding carboxylic acids is 2. The van der Waals surface area contributed by atoms with Crippen LogP contribution in [0, 0.1) is 5.92 Å². The van der Waals surface area contributed by atoms with Crippen LogP contribution in [0.1, 0.15) is 6.42 Å². The van der Waals surface area contributed by atoms with Gasteiger partial charge in [0.05, 0.1) is 24.9 Å². The SMILES string of the molecule is COc1ccc(NC(=O)C2CC(=O)N(c3cccc(Br)c3)C2)cn1. The van der Waals surface area contributed by atoms with Crippen molar-refractivity contribution in [1.29, 1.82) is 0 Å². The van der Waals surface area contributed by atoms with E-state index in [-0.39, 0.29) is 18.2 Å². The minimum Gasteiger partial charge on any atom is -0.481 e. The van der Waals surface area contributed by atoms with Gasteiger partial charge in [-0.3, -0.25) is 9.59 Å². The van der Waals surface area contributed by atoms with Crippen molar-refractivity contribution >= 4 is 39.1 Å². The van der Waals surface area contributed by atoms with Crippen LogP contribution in [0.25, 0.3) is 0 Å².